The van der Waals surface area contributed by atoms with Crippen LogP contribution in [0.25, 0.3) is 0 Å². The standard InChI is InChI=1S/C23H30N4O4/c1-23(2,3)11-10-18(14-21(29)30)26-20(28)13-17-5-4-12-27(22(17)31)19-8-6-16(7-9-19)15-25-24/h6-9,15,17-18H,4-5,12-14,24H2,1-3H3,(H,26,28)(H,29,30). The molecule has 0 saturated carbocycles. The van der Waals surface area contributed by atoms with Crippen molar-refractivity contribution in [2.45, 2.75) is 52.5 Å². The highest BCUT2D eigenvalue weighted by molar-refractivity contribution is 5.98. The molecule has 1 saturated heterocycles. The Balaban J connectivity index is 2.04. The Morgan fingerprint density at radius 1 is 1.35 bits per heavy atom. The Morgan fingerprint density at radius 3 is 2.61 bits per heavy atom. The van der Waals surface area contributed by atoms with Gasteiger partial charge in [0.25, 0.3) is 0 Å². The maximum atomic E-state index is 13.0. The van der Waals surface area contributed by atoms with Gasteiger partial charge in [-0.15, -0.1) is 0 Å². The summed E-state index contributed by atoms with van der Waals surface area (Å²) in [5.41, 5.74) is 1.27. The lowest BCUT2D eigenvalue weighted by Crippen LogP contribution is -2.44. The van der Waals surface area contributed by atoms with E-state index in [1.165, 1.54) is 6.21 Å². The first-order valence-corrected chi connectivity index (χ1v) is 10.3. The Hall–Kier alpha value is -3.34. The number of amides is 2. The topological polar surface area (TPSA) is 125 Å². The molecule has 1 aliphatic heterocycles. The van der Waals surface area contributed by atoms with Gasteiger partial charge in [0.05, 0.1) is 12.6 Å². The van der Waals surface area contributed by atoms with E-state index >= 15 is 0 Å². The van der Waals surface area contributed by atoms with Crippen LogP contribution in [0, 0.1) is 23.2 Å². The second kappa shape index (κ2) is 10.6. The Kier molecular flexibility index (Phi) is 8.20. The van der Waals surface area contributed by atoms with Crippen molar-refractivity contribution in [1.29, 1.82) is 0 Å². The molecule has 1 aromatic rings. The number of carbonyl (C=O) groups is 3. The molecule has 0 aliphatic carbocycles. The normalized spacial score (nSPS) is 17.7. The van der Waals surface area contributed by atoms with E-state index in [1.807, 2.05) is 45.0 Å². The monoisotopic (exact) mass is 426 g/mol. The van der Waals surface area contributed by atoms with Gasteiger partial charge in [-0.2, -0.15) is 5.10 Å². The number of rotatable bonds is 7. The van der Waals surface area contributed by atoms with Gasteiger partial charge >= 0.3 is 5.97 Å². The van der Waals surface area contributed by atoms with Crippen LogP contribution in [0.4, 0.5) is 5.69 Å². The molecule has 0 bridgehead atoms. The molecule has 2 unspecified atom stereocenters. The second-order valence-electron chi connectivity index (χ2n) is 8.64. The van der Waals surface area contributed by atoms with E-state index in [-0.39, 0.29) is 30.1 Å². The maximum Gasteiger partial charge on any atom is 0.306 e. The van der Waals surface area contributed by atoms with E-state index in [4.69, 9.17) is 10.9 Å². The van der Waals surface area contributed by atoms with Crippen molar-refractivity contribution in [3.05, 3.63) is 29.8 Å². The summed E-state index contributed by atoms with van der Waals surface area (Å²) in [6.45, 7) is 6.30. The van der Waals surface area contributed by atoms with Crippen molar-refractivity contribution in [1.82, 2.24) is 5.32 Å². The van der Waals surface area contributed by atoms with Crippen LogP contribution in [0.15, 0.2) is 29.4 Å². The summed E-state index contributed by atoms with van der Waals surface area (Å²) in [4.78, 5) is 38.3. The number of hydrazone groups is 1. The van der Waals surface area contributed by atoms with Crippen LogP contribution < -0.4 is 16.1 Å². The minimum atomic E-state index is -1.04. The van der Waals surface area contributed by atoms with E-state index in [0.717, 1.165) is 17.7 Å². The number of carboxylic acid groups (broad SMARTS) is 1. The minimum Gasteiger partial charge on any atom is -0.481 e. The van der Waals surface area contributed by atoms with Gasteiger partial charge in [0.2, 0.25) is 11.8 Å². The van der Waals surface area contributed by atoms with Crippen LogP contribution in [-0.4, -0.2) is 41.7 Å². The molecule has 31 heavy (non-hydrogen) atoms. The van der Waals surface area contributed by atoms with Gasteiger partial charge in [-0.25, -0.2) is 0 Å². The summed E-state index contributed by atoms with van der Waals surface area (Å²) in [5.74, 6) is 8.98. The number of nitrogens with zero attached hydrogens (tertiary/aromatic N) is 2. The lowest BCUT2D eigenvalue weighted by atomic mass is 9.92. The van der Waals surface area contributed by atoms with Crippen molar-refractivity contribution in [3.63, 3.8) is 0 Å². The Morgan fingerprint density at radius 2 is 2.03 bits per heavy atom. The highest BCUT2D eigenvalue weighted by atomic mass is 16.4. The lowest BCUT2D eigenvalue weighted by molar-refractivity contribution is -0.137. The van der Waals surface area contributed by atoms with Crippen LogP contribution in [0.5, 0.6) is 0 Å². The fourth-order valence-electron chi connectivity index (χ4n) is 3.32. The molecule has 8 nitrogen and oxygen atoms in total. The summed E-state index contributed by atoms with van der Waals surface area (Å²) in [5, 5.41) is 15.3. The van der Waals surface area contributed by atoms with Gasteiger partial charge in [-0.3, -0.25) is 14.4 Å². The zero-order valence-electron chi connectivity index (χ0n) is 18.2. The average Bonchev–Trinajstić information content (AvgIpc) is 2.68. The molecule has 1 aromatic carbocycles. The van der Waals surface area contributed by atoms with Crippen LogP contribution in [0.2, 0.25) is 0 Å². The predicted molar refractivity (Wildman–Crippen MR) is 119 cm³/mol. The molecule has 0 radical (unpaired) electrons. The highest BCUT2D eigenvalue weighted by Crippen LogP contribution is 2.26. The number of nitrogens with two attached hydrogens (primary N) is 1. The Labute approximate surface area is 182 Å². The number of nitrogens with one attached hydrogen (secondary N) is 1. The van der Waals surface area contributed by atoms with E-state index in [2.05, 4.69) is 22.3 Å². The van der Waals surface area contributed by atoms with Crippen molar-refractivity contribution in [2.75, 3.05) is 11.4 Å². The second-order valence-corrected chi connectivity index (χ2v) is 8.64. The van der Waals surface area contributed by atoms with E-state index in [0.29, 0.717) is 13.0 Å². The summed E-state index contributed by atoms with van der Waals surface area (Å²) in [6, 6.07) is 6.49. The fourth-order valence-corrected chi connectivity index (χ4v) is 3.32. The third-order valence-electron chi connectivity index (χ3n) is 4.75. The molecule has 2 rings (SSSR count). The molecule has 2 amide bonds. The summed E-state index contributed by atoms with van der Waals surface area (Å²) >= 11 is 0. The van der Waals surface area contributed by atoms with Gasteiger partial charge in [0, 0.05) is 30.0 Å². The molecule has 1 heterocycles. The zero-order valence-corrected chi connectivity index (χ0v) is 18.2. The highest BCUT2D eigenvalue weighted by Gasteiger charge is 2.31. The van der Waals surface area contributed by atoms with Crippen molar-refractivity contribution >= 4 is 29.7 Å². The molecule has 0 spiro atoms. The summed E-state index contributed by atoms with van der Waals surface area (Å²) in [6.07, 6.45) is 2.61. The maximum absolute atomic E-state index is 13.0. The first kappa shape index (κ1) is 23.9. The third kappa shape index (κ3) is 7.78. The number of hydrogen-bond acceptors (Lipinski definition) is 5. The number of carboxylic acids is 1. The molecule has 2 atom stereocenters. The zero-order chi connectivity index (χ0) is 23.0. The van der Waals surface area contributed by atoms with Gasteiger partial charge in [-0.1, -0.05) is 24.0 Å². The van der Waals surface area contributed by atoms with Crippen LogP contribution >= 0.6 is 0 Å². The number of anilines is 1. The predicted octanol–water partition coefficient (Wildman–Crippen LogP) is 2.12. The van der Waals surface area contributed by atoms with E-state index < -0.39 is 17.9 Å². The minimum absolute atomic E-state index is 0.000561. The molecule has 4 N–H and O–H groups in total. The van der Waals surface area contributed by atoms with Gasteiger partial charge in [-0.05, 0) is 51.3 Å². The van der Waals surface area contributed by atoms with E-state index in [1.54, 1.807) is 4.90 Å². The van der Waals surface area contributed by atoms with Crippen molar-refractivity contribution < 1.29 is 19.5 Å². The number of carbonyl (C=O) groups excluding carboxylic acids is 2. The number of hydrogen-bond donors (Lipinski definition) is 3. The summed E-state index contributed by atoms with van der Waals surface area (Å²) < 4.78 is 0. The van der Waals surface area contributed by atoms with E-state index in [9.17, 15) is 14.4 Å². The molecule has 0 aromatic heterocycles. The average molecular weight is 427 g/mol. The fraction of sp³-hybridized carbons (Fsp3) is 0.478. The van der Waals surface area contributed by atoms with Crippen molar-refractivity contribution in [2.24, 2.45) is 22.3 Å². The van der Waals surface area contributed by atoms with Gasteiger partial charge < -0.3 is 21.2 Å². The SMILES string of the molecule is CC(C)(C)C#CC(CC(=O)O)NC(=O)CC1CCCN(c2ccc(C=NN)cc2)C1=O. The largest absolute Gasteiger partial charge is 0.481 e. The van der Waals surface area contributed by atoms with Crippen LogP contribution in [-0.2, 0) is 14.4 Å². The molecule has 8 heteroatoms. The number of benzene rings is 1. The molecule has 1 fully saturated rings. The third-order valence-corrected chi connectivity index (χ3v) is 4.75. The molecule has 1 aliphatic rings. The van der Waals surface area contributed by atoms with Gasteiger partial charge in [0.1, 0.15) is 6.04 Å². The molecular formula is C23H30N4O4. The van der Waals surface area contributed by atoms with Crippen LogP contribution in [0.3, 0.4) is 0 Å². The molecule has 166 valence electrons. The number of piperidine rings is 1. The quantitative estimate of drug-likeness (QED) is 0.267. The number of aliphatic carboxylic acids is 1. The van der Waals surface area contributed by atoms with Crippen LogP contribution in [0.1, 0.15) is 52.0 Å². The van der Waals surface area contributed by atoms with Gasteiger partial charge in [0.15, 0.2) is 0 Å². The summed E-state index contributed by atoms with van der Waals surface area (Å²) in [7, 11) is 0. The smallest absolute Gasteiger partial charge is 0.306 e. The Bertz CT molecular complexity index is 891. The van der Waals surface area contributed by atoms with Crippen molar-refractivity contribution in [3.8, 4) is 11.8 Å². The lowest BCUT2D eigenvalue weighted by Gasteiger charge is -2.32. The first-order valence-electron chi connectivity index (χ1n) is 10.3. The first-order chi connectivity index (χ1) is 14.6. The molecular weight excluding hydrogens is 396 g/mol.